The van der Waals surface area contributed by atoms with Gasteiger partial charge in [-0.15, -0.1) is 0 Å². The monoisotopic (exact) mass is 331 g/mol. The van der Waals surface area contributed by atoms with Gasteiger partial charge in [0.05, 0.1) is 11.0 Å². The van der Waals surface area contributed by atoms with E-state index in [1.54, 1.807) is 36.4 Å². The Bertz CT molecular complexity index is 880. The van der Waals surface area contributed by atoms with Crippen LogP contribution in [0.5, 0.6) is 0 Å². The molecule has 0 radical (unpaired) electrons. The lowest BCUT2D eigenvalue weighted by molar-refractivity contribution is 0.103. The van der Waals surface area contributed by atoms with Crippen molar-refractivity contribution in [2.45, 2.75) is 0 Å². The molecule has 0 unspecified atom stereocenters. The van der Waals surface area contributed by atoms with Gasteiger partial charge in [0.2, 0.25) is 0 Å². The molecule has 100 valence electrons. The van der Waals surface area contributed by atoms with Crippen molar-refractivity contribution >= 4 is 38.4 Å². The molecule has 0 aliphatic carbocycles. The summed E-state index contributed by atoms with van der Waals surface area (Å²) in [5.41, 5.74) is 8.12. The number of nitrogens with two attached hydrogens (primary N) is 1. The number of nitrogen functional groups attached to an aromatic ring is 1. The third-order valence-corrected chi connectivity index (χ3v) is 3.65. The molecule has 0 fully saturated rings. The highest BCUT2D eigenvalue weighted by molar-refractivity contribution is 9.10. The normalized spacial score (nSPS) is 10.8. The Morgan fingerprint density at radius 1 is 1.10 bits per heavy atom. The van der Waals surface area contributed by atoms with E-state index in [0.29, 0.717) is 32.3 Å². The number of imidazole rings is 1. The minimum Gasteiger partial charge on any atom is -0.399 e. The third-order valence-electron chi connectivity index (χ3n) is 3.00. The van der Waals surface area contributed by atoms with Crippen LogP contribution in [0, 0.1) is 0 Å². The largest absolute Gasteiger partial charge is 0.399 e. The lowest BCUT2D eigenvalue weighted by Crippen LogP contribution is -2.03. The van der Waals surface area contributed by atoms with Gasteiger partial charge in [-0.3, -0.25) is 4.79 Å². The van der Waals surface area contributed by atoms with Gasteiger partial charge in [0.25, 0.3) is 0 Å². The van der Waals surface area contributed by atoms with Crippen molar-refractivity contribution < 1.29 is 4.79 Å². The molecule has 5 nitrogen and oxygen atoms in total. The van der Waals surface area contributed by atoms with Crippen LogP contribution < -0.4 is 11.4 Å². The summed E-state index contributed by atoms with van der Waals surface area (Å²) in [6.45, 7) is 0. The number of carbonyl (C=O) groups is 1. The summed E-state index contributed by atoms with van der Waals surface area (Å²) >= 11 is 3.36. The van der Waals surface area contributed by atoms with Gasteiger partial charge in [-0.05, 0) is 40.2 Å². The Hall–Kier alpha value is -2.34. The molecule has 3 aromatic rings. The van der Waals surface area contributed by atoms with Gasteiger partial charge in [-0.1, -0.05) is 12.1 Å². The summed E-state index contributed by atoms with van der Waals surface area (Å²) in [7, 11) is 0. The molecule has 0 atom stereocenters. The predicted molar refractivity (Wildman–Crippen MR) is 80.9 cm³/mol. The maximum atomic E-state index is 12.5. The van der Waals surface area contributed by atoms with E-state index in [0.717, 1.165) is 0 Å². The van der Waals surface area contributed by atoms with Gasteiger partial charge in [-0.2, -0.15) is 0 Å². The summed E-state index contributed by atoms with van der Waals surface area (Å²) < 4.78 is 0.618. The highest BCUT2D eigenvalue weighted by Gasteiger charge is 2.15. The minimum absolute atomic E-state index is 0.159. The number of anilines is 1. The number of carbonyl (C=O) groups excluding carboxylic acids is 1. The summed E-state index contributed by atoms with van der Waals surface area (Å²) in [4.78, 5) is 29.0. The van der Waals surface area contributed by atoms with Gasteiger partial charge >= 0.3 is 5.69 Å². The quantitative estimate of drug-likeness (QED) is 0.497. The van der Waals surface area contributed by atoms with Crippen molar-refractivity contribution in [2.75, 3.05) is 5.73 Å². The number of rotatable bonds is 2. The fourth-order valence-corrected chi connectivity index (χ4v) is 2.59. The second-order valence-corrected chi connectivity index (χ2v) is 5.27. The van der Waals surface area contributed by atoms with Crippen LogP contribution in [0.1, 0.15) is 15.9 Å². The minimum atomic E-state index is -0.305. The molecule has 3 rings (SSSR count). The first-order valence-electron chi connectivity index (χ1n) is 5.86. The lowest BCUT2D eigenvalue weighted by atomic mass is 10.0. The summed E-state index contributed by atoms with van der Waals surface area (Å²) in [5.74, 6) is -0.159. The van der Waals surface area contributed by atoms with Gasteiger partial charge in [-0.25, -0.2) is 4.79 Å². The maximum Gasteiger partial charge on any atom is 0.323 e. The number of H-pyrrole nitrogens is 2. The molecule has 0 aliphatic rings. The molecule has 0 amide bonds. The number of aromatic nitrogens is 2. The van der Waals surface area contributed by atoms with Crippen LogP contribution in [-0.4, -0.2) is 15.8 Å². The smallest absolute Gasteiger partial charge is 0.323 e. The number of ketones is 1. The van der Waals surface area contributed by atoms with E-state index < -0.39 is 0 Å². The zero-order valence-electron chi connectivity index (χ0n) is 10.2. The number of aromatic amines is 2. The molecular weight excluding hydrogens is 322 g/mol. The van der Waals surface area contributed by atoms with Crippen molar-refractivity contribution in [1.82, 2.24) is 9.97 Å². The zero-order valence-corrected chi connectivity index (χ0v) is 11.8. The van der Waals surface area contributed by atoms with E-state index in [9.17, 15) is 9.59 Å². The Morgan fingerprint density at radius 3 is 2.50 bits per heavy atom. The van der Waals surface area contributed by atoms with Crippen LogP contribution in [0.15, 0.2) is 45.7 Å². The maximum absolute atomic E-state index is 12.5. The standard InChI is InChI=1S/C14H10BrN3O2/c15-10-6-12-11(17-14(20)18-12)5-9(10)13(19)7-2-1-3-8(16)4-7/h1-6H,16H2,(H2,17,18,20). The second-order valence-electron chi connectivity index (χ2n) is 4.41. The Morgan fingerprint density at radius 2 is 1.80 bits per heavy atom. The first-order chi connectivity index (χ1) is 9.54. The summed E-state index contributed by atoms with van der Waals surface area (Å²) in [6.07, 6.45) is 0. The first-order valence-corrected chi connectivity index (χ1v) is 6.65. The van der Waals surface area contributed by atoms with E-state index in [2.05, 4.69) is 25.9 Å². The molecule has 6 heteroatoms. The third kappa shape index (κ3) is 2.14. The van der Waals surface area contributed by atoms with Crippen LogP contribution in [0.4, 0.5) is 5.69 Å². The summed E-state index contributed by atoms with van der Waals surface area (Å²) in [6, 6.07) is 10.1. The van der Waals surface area contributed by atoms with Gasteiger partial charge in [0.15, 0.2) is 5.78 Å². The highest BCUT2D eigenvalue weighted by Crippen LogP contribution is 2.24. The number of fused-ring (bicyclic) bond motifs is 1. The van der Waals surface area contributed by atoms with E-state index in [4.69, 9.17) is 5.73 Å². The predicted octanol–water partition coefficient (Wildman–Crippen LogP) is 2.43. The highest BCUT2D eigenvalue weighted by atomic mass is 79.9. The van der Waals surface area contributed by atoms with E-state index in [-0.39, 0.29) is 11.5 Å². The molecule has 2 aromatic carbocycles. The molecule has 0 saturated carbocycles. The Kier molecular flexibility index (Phi) is 2.94. The molecule has 0 bridgehead atoms. The van der Waals surface area contributed by atoms with Crippen LogP contribution >= 0.6 is 15.9 Å². The molecule has 0 spiro atoms. The molecule has 1 aromatic heterocycles. The van der Waals surface area contributed by atoms with E-state index in [1.807, 2.05) is 0 Å². The van der Waals surface area contributed by atoms with Gasteiger partial charge < -0.3 is 15.7 Å². The SMILES string of the molecule is Nc1cccc(C(=O)c2cc3[nH]c(=O)[nH]c3cc2Br)c1. The van der Waals surface area contributed by atoms with Crippen molar-refractivity contribution in [2.24, 2.45) is 0 Å². The summed E-state index contributed by atoms with van der Waals surface area (Å²) in [5, 5.41) is 0. The Labute approximate surface area is 121 Å². The first kappa shape index (κ1) is 12.7. The van der Waals surface area contributed by atoms with Crippen LogP contribution in [0.2, 0.25) is 0 Å². The molecule has 20 heavy (non-hydrogen) atoms. The van der Waals surface area contributed by atoms with Crippen LogP contribution in [0.3, 0.4) is 0 Å². The van der Waals surface area contributed by atoms with Crippen molar-refractivity contribution in [3.8, 4) is 0 Å². The fraction of sp³-hybridized carbons (Fsp3) is 0. The molecule has 4 N–H and O–H groups in total. The fourth-order valence-electron chi connectivity index (χ4n) is 2.07. The molecule has 1 heterocycles. The average molecular weight is 332 g/mol. The zero-order chi connectivity index (χ0) is 14.3. The van der Waals surface area contributed by atoms with Crippen LogP contribution in [-0.2, 0) is 0 Å². The topological polar surface area (TPSA) is 91.7 Å². The molecular formula is C14H10BrN3O2. The molecule has 0 saturated heterocycles. The number of hydrogen-bond acceptors (Lipinski definition) is 3. The molecule has 0 aliphatic heterocycles. The lowest BCUT2D eigenvalue weighted by Gasteiger charge is -2.05. The van der Waals surface area contributed by atoms with Crippen LogP contribution in [0.25, 0.3) is 11.0 Å². The van der Waals surface area contributed by atoms with Gasteiger partial charge in [0.1, 0.15) is 0 Å². The van der Waals surface area contributed by atoms with Crippen molar-refractivity contribution in [3.05, 3.63) is 62.5 Å². The van der Waals surface area contributed by atoms with E-state index in [1.165, 1.54) is 0 Å². The van der Waals surface area contributed by atoms with E-state index >= 15 is 0 Å². The number of hydrogen-bond donors (Lipinski definition) is 3. The second kappa shape index (κ2) is 4.64. The number of nitrogens with one attached hydrogen (secondary N) is 2. The number of benzene rings is 2. The van der Waals surface area contributed by atoms with Crippen molar-refractivity contribution in [1.29, 1.82) is 0 Å². The van der Waals surface area contributed by atoms with Gasteiger partial charge in [0, 0.05) is 21.3 Å². The average Bonchev–Trinajstić information content (AvgIpc) is 2.76. The van der Waals surface area contributed by atoms with Crippen molar-refractivity contribution in [3.63, 3.8) is 0 Å². The Balaban J connectivity index is 2.16. The number of halogens is 1.